The van der Waals surface area contributed by atoms with Crippen molar-refractivity contribution in [1.29, 1.82) is 5.26 Å². The van der Waals surface area contributed by atoms with E-state index in [2.05, 4.69) is 134 Å². The number of allylic oxidation sites excluding steroid dienone is 8. The van der Waals surface area contributed by atoms with Crippen molar-refractivity contribution < 1.29 is 0 Å². The first-order valence-electron chi connectivity index (χ1n) is 17.2. The number of hydrogen-bond acceptors (Lipinski definition) is 3. The summed E-state index contributed by atoms with van der Waals surface area (Å²) in [6.07, 6.45) is 21.5. The van der Waals surface area contributed by atoms with Crippen molar-refractivity contribution in [1.82, 2.24) is 9.97 Å². The van der Waals surface area contributed by atoms with Crippen LogP contribution in [0.2, 0.25) is 0 Å². The summed E-state index contributed by atoms with van der Waals surface area (Å²) in [6.45, 7) is 0. The molecule has 1 saturated carbocycles. The summed E-state index contributed by atoms with van der Waals surface area (Å²) < 4.78 is 0. The van der Waals surface area contributed by atoms with Gasteiger partial charge in [0, 0.05) is 34.0 Å². The van der Waals surface area contributed by atoms with Crippen LogP contribution in [0.4, 0.5) is 0 Å². The van der Waals surface area contributed by atoms with Crippen molar-refractivity contribution in [3.8, 4) is 50.8 Å². The van der Waals surface area contributed by atoms with E-state index in [0.717, 1.165) is 52.3 Å². The number of rotatable bonds is 4. The molecule has 3 heteroatoms. The maximum atomic E-state index is 9.82. The normalized spacial score (nSPS) is 19.7. The average molecular weight is 618 g/mol. The minimum Gasteiger partial charge on any atom is -0.228 e. The Kier molecular flexibility index (Phi) is 6.91. The number of benzene rings is 4. The van der Waals surface area contributed by atoms with E-state index >= 15 is 0 Å². The van der Waals surface area contributed by atoms with Gasteiger partial charge in [-0.05, 0) is 70.5 Å². The number of hydrogen-bond donors (Lipinski definition) is 0. The molecular formula is C45H35N3. The zero-order valence-corrected chi connectivity index (χ0v) is 26.8. The molecule has 0 bridgehead atoms. The maximum Gasteiger partial charge on any atom is 0.160 e. The average Bonchev–Trinajstić information content (AvgIpc) is 3.43. The number of nitrogens with zero attached hydrogens (tertiary/aromatic N) is 3. The van der Waals surface area contributed by atoms with Gasteiger partial charge < -0.3 is 0 Å². The molecule has 0 N–H and O–H groups in total. The highest BCUT2D eigenvalue weighted by molar-refractivity contribution is 5.94. The van der Waals surface area contributed by atoms with Crippen molar-refractivity contribution in [3.63, 3.8) is 0 Å². The predicted molar refractivity (Wildman–Crippen MR) is 195 cm³/mol. The number of fused-ring (bicyclic) bond motifs is 6. The molecule has 1 aromatic heterocycles. The summed E-state index contributed by atoms with van der Waals surface area (Å²) in [7, 11) is 0. The Morgan fingerprint density at radius 3 is 2.21 bits per heavy atom. The predicted octanol–water partition coefficient (Wildman–Crippen LogP) is 10.9. The monoisotopic (exact) mass is 617 g/mol. The van der Waals surface area contributed by atoms with Crippen LogP contribution in [0.15, 0.2) is 140 Å². The molecule has 48 heavy (non-hydrogen) atoms. The standard InChI is InChI=1S/C45H35N3/c46-29-30-19-22-38-40(25-30)45(23-7-2-8-24-45)39-18-10-17-37(43(38)39)34-15-9-16-35(27-34)42-28-41(32-12-3-1-4-13-32)47-44(48-42)36-21-20-31-11-5-6-14-33(31)26-36/h1,3-6,9-22,25-28,31,33H,2,7-8,23-24H2. The molecule has 230 valence electrons. The summed E-state index contributed by atoms with van der Waals surface area (Å²) >= 11 is 0. The van der Waals surface area contributed by atoms with Crippen LogP contribution in [0.1, 0.15) is 54.6 Å². The highest BCUT2D eigenvalue weighted by Crippen LogP contribution is 2.58. The molecule has 0 radical (unpaired) electrons. The molecule has 2 atom stereocenters. The van der Waals surface area contributed by atoms with Gasteiger partial charge in [-0.15, -0.1) is 0 Å². The van der Waals surface area contributed by atoms with Crippen molar-refractivity contribution >= 4 is 5.57 Å². The summed E-state index contributed by atoms with van der Waals surface area (Å²) in [4.78, 5) is 10.3. The molecule has 1 spiro atoms. The van der Waals surface area contributed by atoms with Gasteiger partial charge in [0.25, 0.3) is 0 Å². The SMILES string of the molecule is N#Cc1ccc2c(c1)C1(CCCCC1)c1cccc(-c3cccc(-c4cc(-c5ccccc5)nc(C5=CC6C=CC=CC6C=C5)n4)c3)c1-2. The Hall–Kier alpha value is -5.59. The summed E-state index contributed by atoms with van der Waals surface area (Å²) in [5.74, 6) is 1.44. The zero-order valence-electron chi connectivity index (χ0n) is 26.8. The van der Waals surface area contributed by atoms with Crippen LogP contribution < -0.4 is 0 Å². The van der Waals surface area contributed by atoms with E-state index in [-0.39, 0.29) is 5.41 Å². The Labute approximate surface area is 282 Å². The second kappa shape index (κ2) is 11.6. The summed E-state index contributed by atoms with van der Waals surface area (Å²) in [5, 5.41) is 9.82. The van der Waals surface area contributed by atoms with E-state index in [1.807, 2.05) is 12.1 Å². The fraction of sp³-hybridized carbons (Fsp3) is 0.178. The molecule has 3 nitrogen and oxygen atoms in total. The minimum absolute atomic E-state index is 0.0148. The zero-order chi connectivity index (χ0) is 32.1. The van der Waals surface area contributed by atoms with Crippen LogP contribution in [0.5, 0.6) is 0 Å². The van der Waals surface area contributed by atoms with Gasteiger partial charge in [0.05, 0.1) is 23.0 Å². The van der Waals surface area contributed by atoms with Gasteiger partial charge in [0.15, 0.2) is 5.82 Å². The van der Waals surface area contributed by atoms with E-state index in [4.69, 9.17) is 9.97 Å². The van der Waals surface area contributed by atoms with E-state index in [9.17, 15) is 5.26 Å². The fourth-order valence-electron chi connectivity index (χ4n) is 8.50. The fourth-order valence-corrected chi connectivity index (χ4v) is 8.50. The largest absolute Gasteiger partial charge is 0.228 e. The first-order chi connectivity index (χ1) is 23.7. The minimum atomic E-state index is -0.0148. The molecule has 1 fully saturated rings. The first-order valence-corrected chi connectivity index (χ1v) is 17.2. The van der Waals surface area contributed by atoms with Crippen molar-refractivity contribution in [2.75, 3.05) is 0 Å². The van der Waals surface area contributed by atoms with Crippen molar-refractivity contribution in [2.24, 2.45) is 11.8 Å². The van der Waals surface area contributed by atoms with Crippen LogP contribution >= 0.6 is 0 Å². The van der Waals surface area contributed by atoms with Gasteiger partial charge in [-0.3, -0.25) is 0 Å². The molecule has 0 amide bonds. The Balaban J connectivity index is 1.18. The van der Waals surface area contributed by atoms with E-state index in [0.29, 0.717) is 11.8 Å². The number of nitriles is 1. The highest BCUT2D eigenvalue weighted by atomic mass is 14.9. The second-order valence-corrected chi connectivity index (χ2v) is 13.6. The van der Waals surface area contributed by atoms with E-state index < -0.39 is 0 Å². The molecule has 5 aromatic rings. The molecule has 4 aliphatic carbocycles. The van der Waals surface area contributed by atoms with Crippen LogP contribution in [-0.4, -0.2) is 9.97 Å². The first kappa shape index (κ1) is 28.6. The highest BCUT2D eigenvalue weighted by Gasteiger charge is 2.44. The second-order valence-electron chi connectivity index (χ2n) is 13.6. The molecule has 4 aromatic carbocycles. The van der Waals surface area contributed by atoms with Crippen LogP contribution in [0, 0.1) is 23.2 Å². The maximum absolute atomic E-state index is 9.82. The van der Waals surface area contributed by atoms with Crippen LogP contribution in [-0.2, 0) is 5.41 Å². The molecule has 2 unspecified atom stereocenters. The lowest BCUT2D eigenvalue weighted by atomic mass is 9.67. The third-order valence-electron chi connectivity index (χ3n) is 10.8. The van der Waals surface area contributed by atoms with Gasteiger partial charge in [-0.1, -0.05) is 135 Å². The van der Waals surface area contributed by atoms with Crippen molar-refractivity contribution in [2.45, 2.75) is 37.5 Å². The lowest BCUT2D eigenvalue weighted by molar-refractivity contribution is 0.353. The lowest BCUT2D eigenvalue weighted by Crippen LogP contribution is -2.28. The van der Waals surface area contributed by atoms with Gasteiger partial charge >= 0.3 is 0 Å². The summed E-state index contributed by atoms with van der Waals surface area (Å²) in [6, 6.07) is 37.0. The Morgan fingerprint density at radius 1 is 0.625 bits per heavy atom. The Bertz CT molecular complexity index is 2240. The van der Waals surface area contributed by atoms with Gasteiger partial charge in [0.2, 0.25) is 0 Å². The molecular weight excluding hydrogens is 583 g/mol. The third-order valence-corrected chi connectivity index (χ3v) is 10.8. The van der Waals surface area contributed by atoms with E-state index in [1.165, 1.54) is 52.6 Å². The molecule has 4 aliphatic rings. The smallest absolute Gasteiger partial charge is 0.160 e. The van der Waals surface area contributed by atoms with E-state index in [1.54, 1.807) is 0 Å². The topological polar surface area (TPSA) is 49.6 Å². The Morgan fingerprint density at radius 2 is 1.38 bits per heavy atom. The van der Waals surface area contributed by atoms with Crippen molar-refractivity contribution in [3.05, 3.63) is 162 Å². The van der Waals surface area contributed by atoms with Gasteiger partial charge in [0.1, 0.15) is 0 Å². The number of aromatic nitrogens is 2. The summed E-state index contributed by atoms with van der Waals surface area (Å²) in [5.41, 5.74) is 13.5. The van der Waals surface area contributed by atoms with Gasteiger partial charge in [-0.25, -0.2) is 9.97 Å². The van der Waals surface area contributed by atoms with Crippen LogP contribution in [0.25, 0.3) is 50.3 Å². The molecule has 1 heterocycles. The molecule has 0 aliphatic heterocycles. The lowest BCUT2D eigenvalue weighted by Gasteiger charge is -2.36. The molecule has 9 rings (SSSR count). The third kappa shape index (κ3) is 4.71. The van der Waals surface area contributed by atoms with Crippen LogP contribution in [0.3, 0.4) is 0 Å². The molecule has 0 saturated heterocycles. The van der Waals surface area contributed by atoms with Gasteiger partial charge in [-0.2, -0.15) is 5.26 Å². The quantitative estimate of drug-likeness (QED) is 0.202.